The summed E-state index contributed by atoms with van der Waals surface area (Å²) in [7, 11) is 1.46. The first kappa shape index (κ1) is 20.1. The van der Waals surface area contributed by atoms with Crippen LogP contribution in [0.25, 0.3) is 0 Å². The van der Waals surface area contributed by atoms with Crippen molar-refractivity contribution in [3.05, 3.63) is 48.3 Å². The molecule has 0 radical (unpaired) electrons. The van der Waals surface area contributed by atoms with Gasteiger partial charge in [-0.1, -0.05) is 12.1 Å². The van der Waals surface area contributed by atoms with Crippen molar-refractivity contribution in [2.45, 2.75) is 6.92 Å². The Kier molecular flexibility index (Phi) is 5.96. The zero-order valence-electron chi connectivity index (χ0n) is 16.1. The van der Waals surface area contributed by atoms with Crippen molar-refractivity contribution in [1.82, 2.24) is 4.90 Å². The van der Waals surface area contributed by atoms with Crippen LogP contribution in [-0.2, 0) is 9.59 Å². The lowest BCUT2D eigenvalue weighted by Gasteiger charge is -2.19. The van der Waals surface area contributed by atoms with Crippen molar-refractivity contribution in [2.75, 3.05) is 42.3 Å². The number of rotatable bonds is 6. The number of carbonyl (C=O) groups is 3. The molecule has 2 aromatic carbocycles. The van der Waals surface area contributed by atoms with Crippen LogP contribution in [0.3, 0.4) is 0 Å². The Labute approximate surface area is 167 Å². The predicted molar refractivity (Wildman–Crippen MR) is 107 cm³/mol. The van der Waals surface area contributed by atoms with E-state index in [0.717, 1.165) is 0 Å². The maximum atomic E-state index is 14.0. The van der Waals surface area contributed by atoms with E-state index in [1.807, 2.05) is 0 Å². The predicted octanol–water partition coefficient (Wildman–Crippen LogP) is 2.67. The smallest absolute Gasteiger partial charge is 0.325 e. The number of methoxy groups -OCH3 is 1. The van der Waals surface area contributed by atoms with Crippen molar-refractivity contribution in [3.63, 3.8) is 0 Å². The van der Waals surface area contributed by atoms with E-state index in [9.17, 15) is 18.8 Å². The number of para-hydroxylation sites is 1. The van der Waals surface area contributed by atoms with E-state index < -0.39 is 17.8 Å². The highest BCUT2D eigenvalue weighted by Gasteiger charge is 2.32. The number of benzene rings is 2. The van der Waals surface area contributed by atoms with E-state index in [4.69, 9.17) is 4.74 Å². The second-order valence-corrected chi connectivity index (χ2v) is 6.45. The monoisotopic (exact) mass is 400 g/mol. The summed E-state index contributed by atoms with van der Waals surface area (Å²) in [6.07, 6.45) is 0. The van der Waals surface area contributed by atoms with Crippen molar-refractivity contribution in [3.8, 4) is 5.75 Å². The van der Waals surface area contributed by atoms with Crippen LogP contribution < -0.4 is 20.3 Å². The molecule has 0 aromatic heterocycles. The fourth-order valence-corrected chi connectivity index (χ4v) is 3.07. The van der Waals surface area contributed by atoms with E-state index in [1.54, 1.807) is 30.3 Å². The Morgan fingerprint density at radius 1 is 1.14 bits per heavy atom. The Balaban J connectivity index is 1.68. The third kappa shape index (κ3) is 4.63. The Hall–Kier alpha value is -3.62. The molecular formula is C20H21FN4O4. The first-order valence-corrected chi connectivity index (χ1v) is 8.95. The van der Waals surface area contributed by atoms with Crippen LogP contribution in [-0.4, -0.2) is 49.5 Å². The van der Waals surface area contributed by atoms with Crippen LogP contribution in [0.4, 0.5) is 26.2 Å². The number of halogens is 1. The van der Waals surface area contributed by atoms with Crippen LogP contribution in [0.2, 0.25) is 0 Å². The van der Waals surface area contributed by atoms with E-state index >= 15 is 0 Å². The minimum atomic E-state index is -0.494. The second kappa shape index (κ2) is 8.59. The van der Waals surface area contributed by atoms with Gasteiger partial charge in [0.2, 0.25) is 11.8 Å². The molecule has 0 aliphatic carbocycles. The molecule has 0 atom stereocenters. The third-order valence-electron chi connectivity index (χ3n) is 4.37. The van der Waals surface area contributed by atoms with Gasteiger partial charge in [0.1, 0.15) is 18.1 Å². The van der Waals surface area contributed by atoms with Gasteiger partial charge in [-0.2, -0.15) is 0 Å². The van der Waals surface area contributed by atoms with Crippen molar-refractivity contribution in [1.29, 1.82) is 0 Å². The van der Waals surface area contributed by atoms with Crippen molar-refractivity contribution in [2.24, 2.45) is 0 Å². The average molecular weight is 400 g/mol. The molecule has 29 heavy (non-hydrogen) atoms. The summed E-state index contributed by atoms with van der Waals surface area (Å²) in [5.74, 6) is -0.768. The molecule has 0 bridgehead atoms. The molecule has 1 fully saturated rings. The largest absolute Gasteiger partial charge is 0.495 e. The molecule has 152 valence electrons. The number of ether oxygens (including phenoxy) is 1. The molecule has 2 aromatic rings. The highest BCUT2D eigenvalue weighted by atomic mass is 19.1. The molecule has 1 aliphatic rings. The summed E-state index contributed by atoms with van der Waals surface area (Å²) >= 11 is 0. The van der Waals surface area contributed by atoms with Gasteiger partial charge in [0.15, 0.2) is 0 Å². The SMILES string of the molecule is COc1ccc(NC(C)=O)cc1NC(=O)CN1CCN(c2ccccc2F)C1=O. The van der Waals surface area contributed by atoms with Gasteiger partial charge in [0.25, 0.3) is 0 Å². The summed E-state index contributed by atoms with van der Waals surface area (Å²) < 4.78 is 19.2. The summed E-state index contributed by atoms with van der Waals surface area (Å²) in [6.45, 7) is 1.76. The number of nitrogens with zero attached hydrogens (tertiary/aromatic N) is 2. The molecule has 0 unspecified atom stereocenters. The van der Waals surface area contributed by atoms with Crippen molar-refractivity contribution >= 4 is 34.9 Å². The van der Waals surface area contributed by atoms with Gasteiger partial charge >= 0.3 is 6.03 Å². The number of urea groups is 1. The standard InChI is InChI=1S/C20H21FN4O4/c1-13(26)22-14-7-8-18(29-2)16(11-14)23-19(27)12-24-9-10-25(20(24)28)17-6-4-3-5-15(17)21/h3-8,11H,9-10,12H2,1-2H3,(H,22,26)(H,23,27). The molecule has 1 heterocycles. The summed E-state index contributed by atoms with van der Waals surface area (Å²) in [5.41, 5.74) is 1.04. The zero-order valence-corrected chi connectivity index (χ0v) is 16.1. The molecule has 0 spiro atoms. The number of nitrogens with one attached hydrogen (secondary N) is 2. The Morgan fingerprint density at radius 3 is 2.59 bits per heavy atom. The number of carbonyl (C=O) groups excluding carboxylic acids is 3. The van der Waals surface area contributed by atoms with Crippen LogP contribution in [0, 0.1) is 5.82 Å². The normalized spacial score (nSPS) is 13.4. The van der Waals surface area contributed by atoms with E-state index in [0.29, 0.717) is 23.7 Å². The zero-order chi connectivity index (χ0) is 21.0. The number of amides is 4. The molecule has 1 aliphatic heterocycles. The second-order valence-electron chi connectivity index (χ2n) is 6.45. The summed E-state index contributed by atoms with van der Waals surface area (Å²) in [6, 6.07) is 10.4. The quantitative estimate of drug-likeness (QED) is 0.780. The van der Waals surface area contributed by atoms with Gasteiger partial charge in [-0.05, 0) is 30.3 Å². The van der Waals surface area contributed by atoms with Crippen LogP contribution in [0.5, 0.6) is 5.75 Å². The van der Waals surface area contributed by atoms with E-state index in [-0.39, 0.29) is 24.7 Å². The minimum absolute atomic E-state index is 0.185. The first-order valence-electron chi connectivity index (χ1n) is 8.95. The van der Waals surface area contributed by atoms with Gasteiger partial charge in [-0.15, -0.1) is 0 Å². The lowest BCUT2D eigenvalue weighted by molar-refractivity contribution is -0.116. The highest BCUT2D eigenvalue weighted by Crippen LogP contribution is 2.28. The first-order chi connectivity index (χ1) is 13.9. The van der Waals surface area contributed by atoms with Gasteiger partial charge in [-0.3, -0.25) is 14.5 Å². The summed E-state index contributed by atoms with van der Waals surface area (Å²) in [5, 5.41) is 5.31. The topological polar surface area (TPSA) is 91.0 Å². The third-order valence-corrected chi connectivity index (χ3v) is 4.37. The van der Waals surface area contributed by atoms with Crippen LogP contribution in [0.15, 0.2) is 42.5 Å². The molecule has 1 saturated heterocycles. The molecule has 8 nitrogen and oxygen atoms in total. The summed E-state index contributed by atoms with van der Waals surface area (Å²) in [4.78, 5) is 38.9. The average Bonchev–Trinajstić information content (AvgIpc) is 3.02. The fourth-order valence-electron chi connectivity index (χ4n) is 3.07. The Morgan fingerprint density at radius 2 is 1.90 bits per heavy atom. The number of anilines is 3. The van der Waals surface area contributed by atoms with Gasteiger partial charge < -0.3 is 20.3 Å². The Bertz CT molecular complexity index is 950. The molecule has 2 N–H and O–H groups in total. The molecule has 4 amide bonds. The van der Waals surface area contributed by atoms with Crippen molar-refractivity contribution < 1.29 is 23.5 Å². The van der Waals surface area contributed by atoms with E-state index in [1.165, 1.54) is 36.0 Å². The molecule has 3 rings (SSSR count). The number of hydrogen-bond donors (Lipinski definition) is 2. The van der Waals surface area contributed by atoms with Gasteiger partial charge in [0, 0.05) is 25.7 Å². The van der Waals surface area contributed by atoms with Gasteiger partial charge in [-0.25, -0.2) is 9.18 Å². The van der Waals surface area contributed by atoms with Crippen LogP contribution >= 0.6 is 0 Å². The molecule has 9 heteroatoms. The maximum Gasteiger partial charge on any atom is 0.325 e. The highest BCUT2D eigenvalue weighted by molar-refractivity contribution is 6.00. The van der Waals surface area contributed by atoms with Gasteiger partial charge in [0.05, 0.1) is 18.5 Å². The lowest BCUT2D eigenvalue weighted by atomic mass is 10.2. The van der Waals surface area contributed by atoms with E-state index in [2.05, 4.69) is 10.6 Å². The fraction of sp³-hybridized carbons (Fsp3) is 0.250. The lowest BCUT2D eigenvalue weighted by Crippen LogP contribution is -2.37. The molecular weight excluding hydrogens is 379 g/mol. The number of hydrogen-bond acceptors (Lipinski definition) is 4. The minimum Gasteiger partial charge on any atom is -0.495 e. The van der Waals surface area contributed by atoms with Crippen LogP contribution in [0.1, 0.15) is 6.92 Å². The molecule has 0 saturated carbocycles. The maximum absolute atomic E-state index is 14.0.